The Morgan fingerprint density at radius 2 is 2.35 bits per heavy atom. The number of rotatable bonds is 5. The van der Waals surface area contributed by atoms with Gasteiger partial charge < -0.3 is 19.9 Å². The third-order valence-electron chi connectivity index (χ3n) is 4.06. The fraction of sp³-hybridized carbons (Fsp3) is 0.786. The minimum atomic E-state index is -0.562. The molecule has 1 aromatic heterocycles. The Labute approximate surface area is 119 Å². The van der Waals surface area contributed by atoms with Gasteiger partial charge in [-0.25, -0.2) is 0 Å². The van der Waals surface area contributed by atoms with Crippen LogP contribution in [-0.2, 0) is 9.47 Å². The van der Waals surface area contributed by atoms with Crippen LogP contribution in [0.4, 0.5) is 0 Å². The van der Waals surface area contributed by atoms with Gasteiger partial charge in [-0.1, -0.05) is 13.8 Å². The molecule has 0 spiro atoms. The molecule has 5 atom stereocenters. The summed E-state index contributed by atoms with van der Waals surface area (Å²) in [6.07, 6.45) is 3.58. The summed E-state index contributed by atoms with van der Waals surface area (Å²) in [7, 11) is 0. The standard InChI is InChI=1S/C14H23N3O3/c1-9(2)4-6-15-11-10-8-19-14(20-10)12(13(11)18)17-7-3-5-16-17/h3,5,7,9-15,18H,4,6,8H2,1-2H3. The van der Waals surface area contributed by atoms with Crippen molar-refractivity contribution in [1.29, 1.82) is 0 Å². The van der Waals surface area contributed by atoms with Crippen molar-refractivity contribution in [2.75, 3.05) is 13.2 Å². The maximum absolute atomic E-state index is 10.7. The smallest absolute Gasteiger partial charge is 0.183 e. The second kappa shape index (κ2) is 5.81. The molecule has 2 fully saturated rings. The maximum Gasteiger partial charge on any atom is 0.183 e. The lowest BCUT2D eigenvalue weighted by Gasteiger charge is -2.38. The summed E-state index contributed by atoms with van der Waals surface area (Å²) in [5, 5.41) is 18.3. The summed E-state index contributed by atoms with van der Waals surface area (Å²) in [5.41, 5.74) is 0. The number of hydrogen-bond donors (Lipinski definition) is 2. The van der Waals surface area contributed by atoms with Crippen LogP contribution in [0, 0.1) is 5.92 Å². The Balaban J connectivity index is 1.70. The Bertz CT molecular complexity index is 423. The van der Waals surface area contributed by atoms with Crippen LogP contribution >= 0.6 is 0 Å². The quantitative estimate of drug-likeness (QED) is 0.824. The molecule has 0 saturated carbocycles. The summed E-state index contributed by atoms with van der Waals surface area (Å²) in [6.45, 7) is 5.78. The molecule has 2 saturated heterocycles. The average Bonchev–Trinajstić information content (AvgIpc) is 3.04. The fourth-order valence-electron chi connectivity index (χ4n) is 2.93. The molecule has 6 nitrogen and oxygen atoms in total. The van der Waals surface area contributed by atoms with Crippen LogP contribution < -0.4 is 5.32 Å². The van der Waals surface area contributed by atoms with Gasteiger partial charge in [0.25, 0.3) is 0 Å². The molecule has 0 aromatic carbocycles. The van der Waals surface area contributed by atoms with E-state index in [1.165, 1.54) is 0 Å². The zero-order chi connectivity index (χ0) is 14.1. The van der Waals surface area contributed by atoms with Crippen molar-refractivity contribution in [3.05, 3.63) is 18.5 Å². The van der Waals surface area contributed by atoms with E-state index in [0.29, 0.717) is 12.5 Å². The van der Waals surface area contributed by atoms with Crippen LogP contribution in [0.5, 0.6) is 0 Å². The molecule has 0 radical (unpaired) electrons. The lowest BCUT2D eigenvalue weighted by atomic mass is 9.96. The number of nitrogens with zero attached hydrogens (tertiary/aromatic N) is 2. The first kappa shape index (κ1) is 14.0. The molecule has 112 valence electrons. The van der Waals surface area contributed by atoms with Crippen molar-refractivity contribution in [2.24, 2.45) is 5.92 Å². The average molecular weight is 281 g/mol. The van der Waals surface area contributed by atoms with Crippen LogP contribution in [0.3, 0.4) is 0 Å². The number of hydrogen-bond acceptors (Lipinski definition) is 5. The number of aliphatic hydroxyl groups is 1. The Morgan fingerprint density at radius 3 is 3.05 bits per heavy atom. The van der Waals surface area contributed by atoms with E-state index in [0.717, 1.165) is 13.0 Å². The molecule has 2 bridgehead atoms. The SMILES string of the molecule is CC(C)CCNC1C2COC(O2)C(n2cccn2)C1O. The highest BCUT2D eigenvalue weighted by Gasteiger charge is 2.50. The highest BCUT2D eigenvalue weighted by Crippen LogP contribution is 2.35. The molecule has 20 heavy (non-hydrogen) atoms. The molecule has 2 aliphatic rings. The van der Waals surface area contributed by atoms with Crippen LogP contribution in [0.15, 0.2) is 18.5 Å². The van der Waals surface area contributed by atoms with E-state index in [-0.39, 0.29) is 18.2 Å². The predicted molar refractivity (Wildman–Crippen MR) is 73.1 cm³/mol. The molecule has 3 rings (SSSR count). The number of aromatic nitrogens is 2. The van der Waals surface area contributed by atoms with E-state index >= 15 is 0 Å². The van der Waals surface area contributed by atoms with E-state index in [2.05, 4.69) is 24.3 Å². The van der Waals surface area contributed by atoms with Crippen molar-refractivity contribution in [3.8, 4) is 0 Å². The normalized spacial score (nSPS) is 36.7. The molecule has 2 N–H and O–H groups in total. The van der Waals surface area contributed by atoms with E-state index in [9.17, 15) is 5.11 Å². The second-order valence-electron chi connectivity index (χ2n) is 6.01. The van der Waals surface area contributed by atoms with Crippen molar-refractivity contribution in [3.63, 3.8) is 0 Å². The molecule has 0 aliphatic carbocycles. The van der Waals surface area contributed by atoms with E-state index in [1.807, 2.05) is 12.3 Å². The topological polar surface area (TPSA) is 68.5 Å². The molecule has 5 unspecified atom stereocenters. The molecule has 1 aromatic rings. The van der Waals surface area contributed by atoms with Gasteiger partial charge in [-0.15, -0.1) is 0 Å². The van der Waals surface area contributed by atoms with Gasteiger partial charge in [0.2, 0.25) is 0 Å². The van der Waals surface area contributed by atoms with E-state index in [4.69, 9.17) is 9.47 Å². The number of ether oxygens (including phenoxy) is 2. The van der Waals surface area contributed by atoms with Gasteiger partial charge in [0.15, 0.2) is 6.29 Å². The summed E-state index contributed by atoms with van der Waals surface area (Å²) >= 11 is 0. The van der Waals surface area contributed by atoms with Crippen molar-refractivity contribution in [1.82, 2.24) is 15.1 Å². The number of nitrogens with one attached hydrogen (secondary N) is 1. The van der Waals surface area contributed by atoms with Crippen LogP contribution in [0.2, 0.25) is 0 Å². The van der Waals surface area contributed by atoms with Gasteiger partial charge in [-0.2, -0.15) is 5.10 Å². The fourth-order valence-corrected chi connectivity index (χ4v) is 2.93. The monoisotopic (exact) mass is 281 g/mol. The molecular weight excluding hydrogens is 258 g/mol. The van der Waals surface area contributed by atoms with Crippen LogP contribution in [-0.4, -0.2) is 52.6 Å². The summed E-state index contributed by atoms with van der Waals surface area (Å²) in [6, 6.07) is 1.44. The predicted octanol–water partition coefficient (Wildman–Crippen LogP) is 0.544. The van der Waals surface area contributed by atoms with E-state index < -0.39 is 12.4 Å². The van der Waals surface area contributed by atoms with Crippen LogP contribution in [0.25, 0.3) is 0 Å². The lowest BCUT2D eigenvalue weighted by Crippen LogP contribution is -2.57. The van der Waals surface area contributed by atoms with Gasteiger partial charge in [-0.05, 0) is 24.9 Å². The van der Waals surface area contributed by atoms with Gasteiger partial charge >= 0.3 is 0 Å². The van der Waals surface area contributed by atoms with E-state index in [1.54, 1.807) is 10.9 Å². The van der Waals surface area contributed by atoms with Crippen molar-refractivity contribution >= 4 is 0 Å². The molecule has 2 aliphatic heterocycles. The highest BCUT2D eigenvalue weighted by atomic mass is 16.7. The first-order valence-electron chi connectivity index (χ1n) is 7.34. The first-order chi connectivity index (χ1) is 9.66. The Morgan fingerprint density at radius 1 is 1.50 bits per heavy atom. The summed E-state index contributed by atoms with van der Waals surface area (Å²) in [5.74, 6) is 0.638. The van der Waals surface area contributed by atoms with Crippen LogP contribution in [0.1, 0.15) is 26.3 Å². The number of aliphatic hydroxyl groups excluding tert-OH is 1. The van der Waals surface area contributed by atoms with Gasteiger partial charge in [0, 0.05) is 12.4 Å². The third kappa shape index (κ3) is 2.61. The molecule has 0 amide bonds. The third-order valence-corrected chi connectivity index (χ3v) is 4.06. The second-order valence-corrected chi connectivity index (χ2v) is 6.01. The van der Waals surface area contributed by atoms with Gasteiger partial charge in [-0.3, -0.25) is 4.68 Å². The minimum absolute atomic E-state index is 0.0750. The number of fused-ring (bicyclic) bond motifs is 2. The van der Waals surface area contributed by atoms with Crippen molar-refractivity contribution in [2.45, 2.75) is 50.8 Å². The summed E-state index contributed by atoms with van der Waals surface area (Å²) < 4.78 is 13.3. The Hall–Kier alpha value is -0.950. The Kier molecular flexibility index (Phi) is 4.07. The first-order valence-corrected chi connectivity index (χ1v) is 7.34. The lowest BCUT2D eigenvalue weighted by molar-refractivity contribution is -0.168. The molecule has 6 heteroatoms. The van der Waals surface area contributed by atoms with Crippen molar-refractivity contribution < 1.29 is 14.6 Å². The highest BCUT2D eigenvalue weighted by molar-refractivity contribution is 5.00. The largest absolute Gasteiger partial charge is 0.389 e. The molecule has 3 heterocycles. The maximum atomic E-state index is 10.7. The molecular formula is C14H23N3O3. The zero-order valence-corrected chi connectivity index (χ0v) is 12.0. The minimum Gasteiger partial charge on any atom is -0.389 e. The zero-order valence-electron chi connectivity index (χ0n) is 12.0. The van der Waals surface area contributed by atoms with Gasteiger partial charge in [0.05, 0.1) is 18.8 Å². The summed E-state index contributed by atoms with van der Waals surface area (Å²) in [4.78, 5) is 0. The van der Waals surface area contributed by atoms with Gasteiger partial charge in [0.1, 0.15) is 12.1 Å².